The number of benzene rings is 1. The summed E-state index contributed by atoms with van der Waals surface area (Å²) in [6, 6.07) is 5.31. The van der Waals surface area contributed by atoms with Gasteiger partial charge in [-0.3, -0.25) is 4.79 Å². The van der Waals surface area contributed by atoms with Crippen molar-refractivity contribution in [3.05, 3.63) is 50.9 Å². The number of halogens is 1. The summed E-state index contributed by atoms with van der Waals surface area (Å²) in [6.07, 6.45) is 2.82. The van der Waals surface area contributed by atoms with Crippen LogP contribution in [0.15, 0.2) is 39.2 Å². The first kappa shape index (κ1) is 21.7. The standard InChI is InChI=1S/C22H21ClN6O3S/c1-2-14-17(23)16-19(26-14)27-22(28-20(16)29-6-5-10(24)9-29)33-11-3-4-15-12(7-11)18(30)13(8-25-15)21(31)32/h3-4,7-8,10H,2,5-6,9,24H2,1H3,(H,25,30)(H,31,32)(H,26,27,28)/t10-/m1/s1. The van der Waals surface area contributed by atoms with Crippen LogP contribution in [0.25, 0.3) is 21.9 Å². The number of nitrogens with two attached hydrogens (primary N) is 1. The molecule has 3 aromatic heterocycles. The molecule has 11 heteroatoms. The maximum absolute atomic E-state index is 12.6. The van der Waals surface area contributed by atoms with Crippen LogP contribution in [-0.2, 0) is 6.42 Å². The molecule has 1 atom stereocenters. The van der Waals surface area contributed by atoms with E-state index in [0.717, 1.165) is 36.3 Å². The normalized spacial score (nSPS) is 16.2. The lowest BCUT2D eigenvalue weighted by molar-refractivity contribution is 0.0695. The number of fused-ring (bicyclic) bond motifs is 2. The first-order valence-corrected chi connectivity index (χ1v) is 11.7. The SMILES string of the molecule is CCc1[nH]c2nc(Sc3ccc4[nH]cc(C(=O)O)c(=O)c4c3)nc(N3CC[C@@H](N)C3)c2c1Cl. The molecule has 0 amide bonds. The van der Waals surface area contributed by atoms with Crippen molar-refractivity contribution in [2.24, 2.45) is 5.73 Å². The fourth-order valence-corrected chi connectivity index (χ4v) is 5.24. The average Bonchev–Trinajstić information content (AvgIpc) is 3.36. The number of hydrogen-bond donors (Lipinski definition) is 4. The van der Waals surface area contributed by atoms with Gasteiger partial charge >= 0.3 is 5.97 Å². The van der Waals surface area contributed by atoms with Crippen molar-refractivity contribution in [3.63, 3.8) is 0 Å². The van der Waals surface area contributed by atoms with Gasteiger partial charge in [0.1, 0.15) is 17.0 Å². The number of carboxylic acids is 1. The lowest BCUT2D eigenvalue weighted by Gasteiger charge is -2.18. The highest BCUT2D eigenvalue weighted by Crippen LogP contribution is 2.37. The number of nitrogens with one attached hydrogen (secondary N) is 2. The van der Waals surface area contributed by atoms with Crippen LogP contribution >= 0.6 is 23.4 Å². The summed E-state index contributed by atoms with van der Waals surface area (Å²) in [5, 5.41) is 11.4. The Morgan fingerprint density at radius 1 is 1.39 bits per heavy atom. The van der Waals surface area contributed by atoms with Gasteiger partial charge in [0.2, 0.25) is 5.43 Å². The number of nitrogens with zero attached hydrogens (tertiary/aromatic N) is 3. The molecule has 0 saturated carbocycles. The van der Waals surface area contributed by atoms with E-state index in [1.807, 2.05) is 13.0 Å². The summed E-state index contributed by atoms with van der Waals surface area (Å²) in [4.78, 5) is 42.4. The molecule has 1 aliphatic heterocycles. The zero-order valence-corrected chi connectivity index (χ0v) is 19.3. The molecule has 4 aromatic rings. The van der Waals surface area contributed by atoms with Crippen LogP contribution in [-0.4, -0.2) is 50.1 Å². The van der Waals surface area contributed by atoms with Crippen molar-refractivity contribution >= 4 is 57.1 Å². The largest absolute Gasteiger partial charge is 0.477 e. The second kappa shape index (κ2) is 8.36. The minimum absolute atomic E-state index is 0.0742. The van der Waals surface area contributed by atoms with E-state index in [0.29, 0.717) is 38.2 Å². The second-order valence-corrected chi connectivity index (χ2v) is 9.38. The summed E-state index contributed by atoms with van der Waals surface area (Å²) < 4.78 is 0. The van der Waals surface area contributed by atoms with Gasteiger partial charge in [0.05, 0.1) is 10.4 Å². The van der Waals surface area contributed by atoms with Gasteiger partial charge in [-0.1, -0.05) is 18.5 Å². The lowest BCUT2D eigenvalue weighted by atomic mass is 10.1. The van der Waals surface area contributed by atoms with Gasteiger partial charge in [0.15, 0.2) is 5.16 Å². The number of aromatic amines is 2. The topological polar surface area (TPSA) is 141 Å². The van der Waals surface area contributed by atoms with Crippen LogP contribution in [0.4, 0.5) is 5.82 Å². The molecule has 33 heavy (non-hydrogen) atoms. The van der Waals surface area contributed by atoms with E-state index in [2.05, 4.69) is 19.9 Å². The molecule has 170 valence electrons. The van der Waals surface area contributed by atoms with Crippen LogP contribution in [0.3, 0.4) is 0 Å². The molecule has 0 aliphatic carbocycles. The Kier molecular flexibility index (Phi) is 5.51. The number of aryl methyl sites for hydroxylation is 1. The number of carbonyl (C=O) groups is 1. The van der Waals surface area contributed by atoms with Crippen molar-refractivity contribution in [1.29, 1.82) is 0 Å². The third-order valence-corrected chi connectivity index (χ3v) is 7.06. The second-order valence-electron chi connectivity index (χ2n) is 7.97. The van der Waals surface area contributed by atoms with Crippen molar-refractivity contribution < 1.29 is 9.90 Å². The van der Waals surface area contributed by atoms with E-state index in [4.69, 9.17) is 22.3 Å². The Bertz CT molecular complexity index is 1470. The van der Waals surface area contributed by atoms with Crippen LogP contribution < -0.4 is 16.1 Å². The number of pyridine rings is 1. The molecule has 1 aromatic carbocycles. The van der Waals surface area contributed by atoms with Crippen molar-refractivity contribution in [2.75, 3.05) is 18.0 Å². The Hall–Kier alpha value is -3.08. The van der Waals surface area contributed by atoms with E-state index < -0.39 is 11.4 Å². The Labute approximate surface area is 197 Å². The molecule has 4 heterocycles. The summed E-state index contributed by atoms with van der Waals surface area (Å²) in [5.74, 6) is -0.531. The lowest BCUT2D eigenvalue weighted by Crippen LogP contribution is -2.27. The molecule has 0 radical (unpaired) electrons. The van der Waals surface area contributed by atoms with Crippen molar-refractivity contribution in [3.8, 4) is 0 Å². The van der Waals surface area contributed by atoms with E-state index in [1.165, 1.54) is 18.0 Å². The Morgan fingerprint density at radius 2 is 2.21 bits per heavy atom. The van der Waals surface area contributed by atoms with E-state index in [-0.39, 0.29) is 11.6 Å². The highest BCUT2D eigenvalue weighted by molar-refractivity contribution is 7.99. The van der Waals surface area contributed by atoms with Gasteiger partial charge in [-0.15, -0.1) is 0 Å². The fraction of sp³-hybridized carbons (Fsp3) is 0.273. The van der Waals surface area contributed by atoms with Crippen LogP contribution in [0, 0.1) is 0 Å². The summed E-state index contributed by atoms with van der Waals surface area (Å²) in [5.41, 5.74) is 7.39. The number of anilines is 1. The Balaban J connectivity index is 1.60. The smallest absolute Gasteiger partial charge is 0.341 e. The first-order valence-electron chi connectivity index (χ1n) is 10.5. The van der Waals surface area contributed by atoms with Gasteiger partial charge in [-0.05, 0) is 42.8 Å². The van der Waals surface area contributed by atoms with E-state index in [1.54, 1.807) is 12.1 Å². The highest BCUT2D eigenvalue weighted by atomic mass is 35.5. The van der Waals surface area contributed by atoms with Gasteiger partial charge in [0, 0.05) is 46.8 Å². The number of rotatable bonds is 5. The summed E-state index contributed by atoms with van der Waals surface area (Å²) in [7, 11) is 0. The van der Waals surface area contributed by atoms with E-state index in [9.17, 15) is 14.7 Å². The van der Waals surface area contributed by atoms with Crippen molar-refractivity contribution in [2.45, 2.75) is 35.9 Å². The number of carboxylic acid groups (broad SMARTS) is 1. The van der Waals surface area contributed by atoms with Crippen molar-refractivity contribution in [1.82, 2.24) is 19.9 Å². The zero-order valence-electron chi connectivity index (χ0n) is 17.7. The molecule has 0 bridgehead atoms. The molecule has 1 saturated heterocycles. The monoisotopic (exact) mass is 484 g/mol. The molecule has 0 spiro atoms. The molecule has 9 nitrogen and oxygen atoms in total. The summed E-state index contributed by atoms with van der Waals surface area (Å²) >= 11 is 7.94. The zero-order chi connectivity index (χ0) is 23.3. The number of hydrogen-bond acceptors (Lipinski definition) is 7. The predicted octanol–water partition coefficient (Wildman–Crippen LogP) is 3.40. The molecular weight excluding hydrogens is 464 g/mol. The third-order valence-electron chi connectivity index (χ3n) is 5.79. The molecule has 1 fully saturated rings. The van der Waals surface area contributed by atoms with Crippen LogP contribution in [0.5, 0.6) is 0 Å². The molecular formula is C22H21ClN6O3S. The average molecular weight is 485 g/mol. The van der Waals surface area contributed by atoms with E-state index >= 15 is 0 Å². The minimum Gasteiger partial charge on any atom is -0.477 e. The number of aromatic nitrogens is 4. The minimum atomic E-state index is -1.27. The molecule has 1 aliphatic rings. The van der Waals surface area contributed by atoms with Gasteiger partial charge in [-0.25, -0.2) is 14.8 Å². The van der Waals surface area contributed by atoms with Crippen LogP contribution in [0.2, 0.25) is 5.02 Å². The molecule has 5 N–H and O–H groups in total. The Morgan fingerprint density at radius 3 is 2.91 bits per heavy atom. The highest BCUT2D eigenvalue weighted by Gasteiger charge is 2.26. The van der Waals surface area contributed by atoms with Crippen LogP contribution in [0.1, 0.15) is 29.4 Å². The number of aromatic carboxylic acids is 1. The fourth-order valence-electron chi connectivity index (χ4n) is 4.09. The maximum atomic E-state index is 12.6. The molecule has 0 unspecified atom stereocenters. The number of H-pyrrole nitrogens is 2. The maximum Gasteiger partial charge on any atom is 0.341 e. The first-order chi connectivity index (χ1) is 15.9. The summed E-state index contributed by atoms with van der Waals surface area (Å²) in [6.45, 7) is 3.48. The van der Waals surface area contributed by atoms with Gasteiger partial charge in [-0.2, -0.15) is 0 Å². The third kappa shape index (κ3) is 3.84. The van der Waals surface area contributed by atoms with Gasteiger partial charge < -0.3 is 25.7 Å². The predicted molar refractivity (Wildman–Crippen MR) is 129 cm³/mol. The van der Waals surface area contributed by atoms with Gasteiger partial charge in [0.25, 0.3) is 0 Å². The quantitative estimate of drug-likeness (QED) is 0.316. The molecule has 5 rings (SSSR count).